The third kappa shape index (κ3) is 5.67. The fourth-order valence-electron chi connectivity index (χ4n) is 2.29. The molecule has 1 heterocycles. The zero-order valence-corrected chi connectivity index (χ0v) is 16.6. The van der Waals surface area contributed by atoms with Gasteiger partial charge in [0.05, 0.1) is 12.8 Å². The number of likely N-dealkylation sites (N-methyl/N-ethyl adjacent to an activating group) is 1. The molecule has 2 N–H and O–H groups in total. The summed E-state index contributed by atoms with van der Waals surface area (Å²) in [4.78, 5) is 30.9. The number of pyridine rings is 1. The highest BCUT2D eigenvalue weighted by Crippen LogP contribution is 2.31. The highest BCUT2D eigenvalue weighted by Gasteiger charge is 2.15. The van der Waals surface area contributed by atoms with Crippen LogP contribution in [-0.2, 0) is 0 Å². The van der Waals surface area contributed by atoms with Gasteiger partial charge in [-0.2, -0.15) is 0 Å². The fourth-order valence-corrected chi connectivity index (χ4v) is 2.44. The molecule has 0 unspecified atom stereocenters. The van der Waals surface area contributed by atoms with Gasteiger partial charge in [-0.05, 0) is 44.8 Å². The van der Waals surface area contributed by atoms with Crippen molar-refractivity contribution < 1.29 is 14.3 Å². The van der Waals surface area contributed by atoms with Gasteiger partial charge >= 0.3 is 0 Å². The van der Waals surface area contributed by atoms with Crippen LogP contribution in [0.2, 0.25) is 5.02 Å². The molecule has 0 aliphatic carbocycles. The van der Waals surface area contributed by atoms with Crippen LogP contribution in [0.15, 0.2) is 30.3 Å². The maximum absolute atomic E-state index is 12.6. The number of amides is 2. The van der Waals surface area contributed by atoms with Crippen molar-refractivity contribution in [1.82, 2.24) is 15.2 Å². The Balaban J connectivity index is 2.14. The van der Waals surface area contributed by atoms with Gasteiger partial charge < -0.3 is 20.3 Å². The summed E-state index contributed by atoms with van der Waals surface area (Å²) in [5.41, 5.74) is 1.59. The lowest BCUT2D eigenvalue weighted by molar-refractivity contribution is 0.0946. The largest absolute Gasteiger partial charge is 0.495 e. The summed E-state index contributed by atoms with van der Waals surface area (Å²) in [7, 11) is 5.33. The fraction of sp³-hybridized carbons (Fsp3) is 0.316. The second-order valence-electron chi connectivity index (χ2n) is 6.22. The number of hydrogen-bond donors (Lipinski definition) is 2. The minimum absolute atomic E-state index is 0.130. The molecule has 7 nitrogen and oxygen atoms in total. The van der Waals surface area contributed by atoms with Gasteiger partial charge in [-0.25, -0.2) is 4.98 Å². The van der Waals surface area contributed by atoms with E-state index < -0.39 is 5.91 Å². The van der Waals surface area contributed by atoms with E-state index in [1.165, 1.54) is 7.11 Å². The zero-order chi connectivity index (χ0) is 20.0. The van der Waals surface area contributed by atoms with Crippen molar-refractivity contribution in [3.63, 3.8) is 0 Å². The number of carbonyl (C=O) groups is 2. The van der Waals surface area contributed by atoms with E-state index >= 15 is 0 Å². The molecule has 0 bridgehead atoms. The van der Waals surface area contributed by atoms with Crippen LogP contribution >= 0.6 is 11.6 Å². The molecule has 0 saturated carbocycles. The number of aromatic nitrogens is 1. The molecule has 0 aliphatic rings. The molecule has 0 radical (unpaired) electrons. The Hall–Kier alpha value is -2.64. The van der Waals surface area contributed by atoms with E-state index in [-0.39, 0.29) is 17.3 Å². The number of ether oxygens (including phenoxy) is 1. The molecule has 0 spiro atoms. The summed E-state index contributed by atoms with van der Waals surface area (Å²) in [5, 5.41) is 6.06. The van der Waals surface area contributed by atoms with Gasteiger partial charge in [-0.1, -0.05) is 17.7 Å². The normalized spacial score (nSPS) is 10.6. The van der Waals surface area contributed by atoms with E-state index in [4.69, 9.17) is 16.3 Å². The average Bonchev–Trinajstić information content (AvgIpc) is 2.64. The predicted molar refractivity (Wildman–Crippen MR) is 106 cm³/mol. The third-order valence-electron chi connectivity index (χ3n) is 3.79. The van der Waals surface area contributed by atoms with Crippen molar-refractivity contribution >= 4 is 29.1 Å². The first kappa shape index (κ1) is 20.7. The number of nitrogens with zero attached hydrogens (tertiary/aromatic N) is 2. The smallest absolute Gasteiger partial charge is 0.274 e. The van der Waals surface area contributed by atoms with E-state index in [1.807, 2.05) is 25.9 Å². The Morgan fingerprint density at radius 1 is 1.19 bits per heavy atom. The van der Waals surface area contributed by atoms with E-state index in [9.17, 15) is 9.59 Å². The van der Waals surface area contributed by atoms with E-state index in [1.54, 1.807) is 30.3 Å². The second-order valence-corrected chi connectivity index (χ2v) is 6.63. The number of methoxy groups -OCH3 is 1. The molecule has 2 rings (SSSR count). The molecular weight excluding hydrogens is 368 g/mol. The standard InChI is InChI=1S/C19H23ClN4O3/c1-12-10-16(17(27-4)11-13(12)20)23-19(26)15-7-5-6-14(22-15)18(25)21-8-9-24(2)3/h5-7,10-11H,8-9H2,1-4H3,(H,21,25)(H,23,26). The van der Waals surface area contributed by atoms with Crippen LogP contribution < -0.4 is 15.4 Å². The van der Waals surface area contributed by atoms with E-state index in [0.29, 0.717) is 29.5 Å². The maximum Gasteiger partial charge on any atom is 0.274 e. The molecule has 1 aromatic carbocycles. The van der Waals surface area contributed by atoms with Crippen molar-refractivity contribution in [2.75, 3.05) is 39.6 Å². The zero-order valence-electron chi connectivity index (χ0n) is 15.8. The van der Waals surface area contributed by atoms with Gasteiger partial charge in [0.2, 0.25) is 0 Å². The van der Waals surface area contributed by atoms with Crippen LogP contribution in [-0.4, -0.2) is 56.0 Å². The van der Waals surface area contributed by atoms with E-state index in [2.05, 4.69) is 15.6 Å². The molecule has 2 aromatic rings. The number of carbonyl (C=O) groups excluding carboxylic acids is 2. The van der Waals surface area contributed by atoms with Crippen molar-refractivity contribution in [3.8, 4) is 5.75 Å². The quantitative estimate of drug-likeness (QED) is 0.759. The molecule has 0 atom stereocenters. The van der Waals surface area contributed by atoms with Gasteiger partial charge in [0.1, 0.15) is 17.1 Å². The lowest BCUT2D eigenvalue weighted by Crippen LogP contribution is -2.32. The molecule has 0 fully saturated rings. The predicted octanol–water partition coefficient (Wildman–Crippen LogP) is 2.60. The van der Waals surface area contributed by atoms with Crippen LogP contribution in [0.5, 0.6) is 5.75 Å². The molecular formula is C19H23ClN4O3. The van der Waals surface area contributed by atoms with Crippen LogP contribution in [0, 0.1) is 6.92 Å². The first-order valence-corrected chi connectivity index (χ1v) is 8.75. The minimum Gasteiger partial charge on any atom is -0.495 e. The van der Waals surface area contributed by atoms with Gasteiger partial charge in [0.15, 0.2) is 0 Å². The number of rotatable bonds is 7. The minimum atomic E-state index is -0.446. The Morgan fingerprint density at radius 2 is 1.85 bits per heavy atom. The number of aryl methyl sites for hydroxylation is 1. The third-order valence-corrected chi connectivity index (χ3v) is 4.20. The van der Waals surface area contributed by atoms with Gasteiger partial charge in [0.25, 0.3) is 11.8 Å². The summed E-state index contributed by atoms with van der Waals surface area (Å²) < 4.78 is 5.26. The monoisotopic (exact) mass is 390 g/mol. The number of anilines is 1. The Morgan fingerprint density at radius 3 is 2.48 bits per heavy atom. The van der Waals surface area contributed by atoms with Crippen LogP contribution in [0.25, 0.3) is 0 Å². The van der Waals surface area contributed by atoms with Crippen molar-refractivity contribution in [3.05, 3.63) is 52.3 Å². The van der Waals surface area contributed by atoms with Gasteiger partial charge in [0, 0.05) is 24.2 Å². The number of hydrogen-bond acceptors (Lipinski definition) is 5. The Bertz CT molecular complexity index is 840. The van der Waals surface area contributed by atoms with Crippen molar-refractivity contribution in [2.24, 2.45) is 0 Å². The average molecular weight is 391 g/mol. The summed E-state index contributed by atoms with van der Waals surface area (Å²) in [5.74, 6) is -0.332. The summed E-state index contributed by atoms with van der Waals surface area (Å²) >= 11 is 6.08. The molecule has 0 aliphatic heterocycles. The first-order chi connectivity index (χ1) is 12.8. The first-order valence-electron chi connectivity index (χ1n) is 8.37. The molecule has 144 valence electrons. The summed E-state index contributed by atoms with van der Waals surface area (Å²) in [6, 6.07) is 8.08. The molecule has 8 heteroatoms. The highest BCUT2D eigenvalue weighted by atomic mass is 35.5. The van der Waals surface area contributed by atoms with E-state index in [0.717, 1.165) is 5.56 Å². The topological polar surface area (TPSA) is 83.6 Å². The van der Waals surface area contributed by atoms with Gasteiger partial charge in [-0.3, -0.25) is 9.59 Å². The molecule has 2 amide bonds. The lowest BCUT2D eigenvalue weighted by atomic mass is 10.2. The van der Waals surface area contributed by atoms with Gasteiger partial charge in [-0.15, -0.1) is 0 Å². The highest BCUT2D eigenvalue weighted by molar-refractivity contribution is 6.31. The summed E-state index contributed by atoms with van der Waals surface area (Å²) in [6.07, 6.45) is 0. The number of benzene rings is 1. The van der Waals surface area contributed by atoms with Crippen molar-refractivity contribution in [2.45, 2.75) is 6.92 Å². The Labute approximate surface area is 163 Å². The lowest BCUT2D eigenvalue weighted by Gasteiger charge is -2.12. The maximum atomic E-state index is 12.6. The molecule has 27 heavy (non-hydrogen) atoms. The number of halogens is 1. The molecule has 0 saturated heterocycles. The van der Waals surface area contributed by atoms with Crippen LogP contribution in [0.3, 0.4) is 0 Å². The second kappa shape index (κ2) is 9.34. The van der Waals surface area contributed by atoms with Crippen LogP contribution in [0.4, 0.5) is 5.69 Å². The Kier molecular flexibility index (Phi) is 7.15. The summed E-state index contributed by atoms with van der Waals surface area (Å²) in [6.45, 7) is 3.03. The van der Waals surface area contributed by atoms with Crippen molar-refractivity contribution in [1.29, 1.82) is 0 Å². The molecule has 1 aromatic heterocycles. The van der Waals surface area contributed by atoms with Crippen LogP contribution in [0.1, 0.15) is 26.5 Å². The number of nitrogens with one attached hydrogen (secondary N) is 2. The SMILES string of the molecule is COc1cc(Cl)c(C)cc1NC(=O)c1cccc(C(=O)NCCN(C)C)n1.